The van der Waals surface area contributed by atoms with Crippen LogP contribution in [-0.4, -0.2) is 74.3 Å². The monoisotopic (exact) mass is 925 g/mol. The van der Waals surface area contributed by atoms with Crippen molar-refractivity contribution in [1.29, 1.82) is 0 Å². The molecule has 0 saturated carbocycles. The van der Waals surface area contributed by atoms with Crippen molar-refractivity contribution in [3.8, 4) is 0 Å². The van der Waals surface area contributed by atoms with Crippen LogP contribution in [0.15, 0.2) is 0 Å². The van der Waals surface area contributed by atoms with Gasteiger partial charge in [0.1, 0.15) is 0 Å². The van der Waals surface area contributed by atoms with Gasteiger partial charge in [0, 0.05) is 185 Å². The number of rotatable bonds is 0. The van der Waals surface area contributed by atoms with Gasteiger partial charge in [-0.3, -0.25) is 20.4 Å². The van der Waals surface area contributed by atoms with E-state index in [1.165, 1.54) is 4.80 Å². The van der Waals surface area contributed by atoms with Crippen molar-refractivity contribution in [3.05, 3.63) is 60.2 Å². The Balaban J connectivity index is -0.000000124. The van der Waals surface area contributed by atoms with E-state index in [2.05, 4.69) is 82.2 Å². The Morgan fingerprint density at radius 1 is 0.625 bits per heavy atom. The summed E-state index contributed by atoms with van der Waals surface area (Å²) in [6.45, 7) is 9.30. The Bertz CT molecular complexity index is 1030. The van der Waals surface area contributed by atoms with Crippen LogP contribution in [0.4, 0.5) is 0 Å². The predicted octanol–water partition coefficient (Wildman–Crippen LogP) is -0.394. The number of aromatic nitrogens is 15. The molecule has 0 fully saturated rings. The normalized spacial score (nSPS) is 8.25. The molecule has 0 aromatic carbocycles. The minimum absolute atomic E-state index is 0. The summed E-state index contributed by atoms with van der Waals surface area (Å²) < 4.78 is 6.50. The van der Waals surface area contributed by atoms with Crippen LogP contribution in [0.25, 0.3) is 0 Å². The van der Waals surface area contributed by atoms with Crippen molar-refractivity contribution in [2.75, 3.05) is 0 Å². The number of nitrogens with zero attached hydrogens (tertiary/aromatic N) is 15. The Hall–Kier alpha value is 1.22. The molecule has 20 heteroatoms. The molecule has 0 spiro atoms. The van der Waals surface area contributed by atoms with Gasteiger partial charge in [0.25, 0.3) is 0 Å². The van der Waals surface area contributed by atoms with Gasteiger partial charge in [0.2, 0.25) is 0 Å². The SMILES string of the molecule is Cc1[c-]n(C)nn1.Cc1[c-]nn(C)n1.Cc1n[c-]n(C)n1.Cc1n[c-]nn1C.Cc1nn[c-]n1C.[Y].[Y].[Y].[Y].[Y]. The van der Waals surface area contributed by atoms with Crippen LogP contribution in [0, 0.1) is 66.0 Å². The Morgan fingerprint density at radius 2 is 1.25 bits per heavy atom. The molecule has 0 atom stereocenters. The minimum atomic E-state index is 0. The van der Waals surface area contributed by atoms with E-state index in [-0.39, 0.29) is 164 Å². The third-order valence-corrected chi connectivity index (χ3v) is 3.70. The molecule has 205 valence electrons. The second-order valence-electron chi connectivity index (χ2n) is 6.97. The number of hydrogen-bond acceptors (Lipinski definition) is 10. The molecule has 0 unspecified atom stereocenters. The zero-order valence-electron chi connectivity index (χ0n) is 24.6. The molecule has 0 aliphatic heterocycles. The standard InChI is InChI=1S/5C4H6N3.5Y/c1-4-6-5-3-7(4)2;1-4-5-3-7(2)6-4;1-4-5-3-6-7(4)2;1-4-3-7(2)6-5-4;1-4-3-5-7(2)6-4;;;;;/h5*1-2H3;;;;;/q5*-1;;;;;. The van der Waals surface area contributed by atoms with Gasteiger partial charge in [-0.1, -0.05) is 34.6 Å². The Morgan fingerprint density at radius 3 is 1.38 bits per heavy atom. The first-order valence-corrected chi connectivity index (χ1v) is 10.2. The summed E-state index contributed by atoms with van der Waals surface area (Å²) in [5.41, 5.74) is 1.67. The molecule has 5 aromatic heterocycles. The zero-order valence-corrected chi connectivity index (χ0v) is 38.8. The first-order chi connectivity index (χ1) is 16.5. The summed E-state index contributed by atoms with van der Waals surface area (Å²) in [5, 5.41) is 29.6. The molecule has 0 saturated heterocycles. The molecule has 5 radical (unpaired) electrons. The first-order valence-electron chi connectivity index (χ1n) is 10.2. The van der Waals surface area contributed by atoms with Crippen LogP contribution in [0.2, 0.25) is 0 Å². The predicted molar refractivity (Wildman–Crippen MR) is 123 cm³/mol. The topological polar surface area (TPSA) is 154 Å². The van der Waals surface area contributed by atoms with Crippen LogP contribution in [0.1, 0.15) is 28.9 Å². The van der Waals surface area contributed by atoms with Crippen molar-refractivity contribution < 1.29 is 164 Å². The van der Waals surface area contributed by atoms with Crippen LogP contribution in [0.3, 0.4) is 0 Å². The number of hydrogen-bond donors (Lipinski definition) is 0. The molecule has 40 heavy (non-hydrogen) atoms. The van der Waals surface area contributed by atoms with Crippen molar-refractivity contribution in [1.82, 2.24) is 74.3 Å². The first kappa shape index (κ1) is 50.8. The van der Waals surface area contributed by atoms with Crippen molar-refractivity contribution in [2.24, 2.45) is 35.2 Å². The molecule has 0 aliphatic carbocycles. The van der Waals surface area contributed by atoms with Crippen LogP contribution < -0.4 is 0 Å². The fraction of sp³-hybridized carbons (Fsp3) is 0.500. The second kappa shape index (κ2) is 29.0. The van der Waals surface area contributed by atoms with E-state index in [4.69, 9.17) is 0 Å². The molecule has 0 bridgehead atoms. The average molecular weight is 925 g/mol. The maximum Gasteiger partial charge on any atom is 0.0462 e. The van der Waals surface area contributed by atoms with Gasteiger partial charge in [0.05, 0.1) is 0 Å². The van der Waals surface area contributed by atoms with E-state index in [9.17, 15) is 0 Å². The van der Waals surface area contributed by atoms with E-state index < -0.39 is 0 Å². The van der Waals surface area contributed by atoms with E-state index >= 15 is 0 Å². The quantitative estimate of drug-likeness (QED) is 0.188. The molecule has 0 N–H and O–H groups in total. The van der Waals surface area contributed by atoms with Crippen molar-refractivity contribution in [3.63, 3.8) is 0 Å². The maximum atomic E-state index is 3.86. The molecular weight excluding hydrogens is 895 g/mol. The van der Waals surface area contributed by atoms with Gasteiger partial charge < -0.3 is 46.1 Å². The third-order valence-electron chi connectivity index (χ3n) is 3.70. The number of aryl methyl sites for hydroxylation is 10. The van der Waals surface area contributed by atoms with Gasteiger partial charge in [-0.15, -0.1) is 16.6 Å². The van der Waals surface area contributed by atoms with E-state index in [1.807, 2.05) is 48.7 Å². The van der Waals surface area contributed by atoms with Gasteiger partial charge in [-0.25, -0.2) is 9.90 Å². The molecule has 5 heterocycles. The maximum absolute atomic E-state index is 3.86. The molecule has 0 amide bonds. The third kappa shape index (κ3) is 24.6. The van der Waals surface area contributed by atoms with Gasteiger partial charge in [0.15, 0.2) is 0 Å². The van der Waals surface area contributed by atoms with Crippen LogP contribution in [-0.2, 0) is 199 Å². The summed E-state index contributed by atoms with van der Waals surface area (Å²) in [6.07, 6.45) is 13.2. The summed E-state index contributed by atoms with van der Waals surface area (Å²) >= 11 is 0. The fourth-order valence-electron chi connectivity index (χ4n) is 1.83. The van der Waals surface area contributed by atoms with Gasteiger partial charge in [-0.05, 0) is 50.6 Å². The summed E-state index contributed by atoms with van der Waals surface area (Å²) in [7, 11) is 9.04. The van der Waals surface area contributed by atoms with Gasteiger partial charge >= 0.3 is 0 Å². The van der Waals surface area contributed by atoms with Crippen molar-refractivity contribution in [2.45, 2.75) is 34.6 Å². The minimum Gasteiger partial charge on any atom is -0.483 e. The van der Waals surface area contributed by atoms with E-state index in [1.54, 1.807) is 39.8 Å². The molecular formula is C20H30N15Y5-5. The van der Waals surface area contributed by atoms with Crippen LogP contribution >= 0.6 is 0 Å². The molecule has 5 aromatic rings. The van der Waals surface area contributed by atoms with E-state index in [0.29, 0.717) is 0 Å². The summed E-state index contributed by atoms with van der Waals surface area (Å²) in [5.74, 6) is 2.54. The zero-order chi connectivity index (χ0) is 26.4. The molecule has 15 nitrogen and oxygen atoms in total. The molecule has 0 aliphatic rings. The van der Waals surface area contributed by atoms with E-state index in [0.717, 1.165) is 28.9 Å². The summed E-state index contributed by atoms with van der Waals surface area (Å²) in [4.78, 5) is 8.97. The fourth-order valence-corrected chi connectivity index (χ4v) is 1.83. The van der Waals surface area contributed by atoms with Crippen molar-refractivity contribution >= 4 is 0 Å². The van der Waals surface area contributed by atoms with Gasteiger partial charge in [-0.2, -0.15) is 5.10 Å². The van der Waals surface area contributed by atoms with Crippen LogP contribution in [0.5, 0.6) is 0 Å². The summed E-state index contributed by atoms with van der Waals surface area (Å²) in [6, 6.07) is 0. The smallest absolute Gasteiger partial charge is 0.0462 e. The average Bonchev–Trinajstić information content (AvgIpc) is 3.61. The largest absolute Gasteiger partial charge is 0.483 e. The molecule has 5 rings (SSSR count). The second-order valence-corrected chi connectivity index (χ2v) is 6.97. The Kier molecular flexibility index (Phi) is 36.8. The Labute approximate surface area is 361 Å².